The van der Waals surface area contributed by atoms with Crippen LogP contribution in [0.1, 0.15) is 30.5 Å². The van der Waals surface area contributed by atoms with Gasteiger partial charge in [0.15, 0.2) is 0 Å². The molecule has 0 aliphatic rings. The predicted octanol–water partition coefficient (Wildman–Crippen LogP) is 4.05. The minimum Gasteiger partial charge on any atom is -0.496 e. The number of nitrogens with one attached hydrogen (secondary N) is 1. The van der Waals surface area contributed by atoms with Crippen molar-refractivity contribution in [3.63, 3.8) is 0 Å². The summed E-state index contributed by atoms with van der Waals surface area (Å²) in [6.07, 6.45) is 0.637. The molecule has 0 fully saturated rings. The third-order valence-corrected chi connectivity index (χ3v) is 6.27. The van der Waals surface area contributed by atoms with E-state index in [-0.39, 0.29) is 10.9 Å². The summed E-state index contributed by atoms with van der Waals surface area (Å²) in [5.41, 5.74) is 1.88. The number of rotatable bonds is 7. The van der Waals surface area contributed by atoms with Crippen LogP contribution in [0, 0.1) is 10.5 Å². The molecule has 0 unspecified atom stereocenters. The average molecular weight is 475 g/mol. The van der Waals surface area contributed by atoms with Crippen LogP contribution in [-0.2, 0) is 10.0 Å². The molecule has 0 radical (unpaired) electrons. The first-order chi connectivity index (χ1) is 11.8. The maximum Gasteiger partial charge on any atom is 0.241 e. The number of ether oxygens (including phenoxy) is 2. The molecule has 0 aromatic heterocycles. The quantitative estimate of drug-likeness (QED) is 0.614. The molecule has 0 saturated heterocycles. The van der Waals surface area contributed by atoms with Gasteiger partial charge in [-0.05, 0) is 71.3 Å². The molecule has 1 atom stereocenters. The summed E-state index contributed by atoms with van der Waals surface area (Å²) in [6.45, 7) is 3.89. The molecule has 1 N–H and O–H groups in total. The Morgan fingerprint density at radius 3 is 2.24 bits per heavy atom. The lowest BCUT2D eigenvalue weighted by Crippen LogP contribution is -2.28. The molecule has 0 bridgehead atoms. The van der Waals surface area contributed by atoms with Crippen LogP contribution in [0.4, 0.5) is 0 Å². The topological polar surface area (TPSA) is 64.6 Å². The molecule has 2 aromatic rings. The Kier molecular flexibility index (Phi) is 6.70. The van der Waals surface area contributed by atoms with Crippen LogP contribution in [0.5, 0.6) is 11.5 Å². The van der Waals surface area contributed by atoms with E-state index in [0.29, 0.717) is 12.2 Å². The smallest absolute Gasteiger partial charge is 0.241 e. The lowest BCUT2D eigenvalue weighted by molar-refractivity contribution is 0.411. The van der Waals surface area contributed by atoms with Gasteiger partial charge in [-0.3, -0.25) is 0 Å². The number of hydrogen-bond donors (Lipinski definition) is 1. The third kappa shape index (κ3) is 4.65. The van der Waals surface area contributed by atoms with Crippen LogP contribution < -0.4 is 14.2 Å². The summed E-state index contributed by atoms with van der Waals surface area (Å²) in [7, 11) is -0.460. The number of halogens is 1. The fourth-order valence-electron chi connectivity index (χ4n) is 2.58. The summed E-state index contributed by atoms with van der Waals surface area (Å²) in [5.74, 6) is 1.43. The molecule has 5 nitrogen and oxygen atoms in total. The Morgan fingerprint density at radius 1 is 1.08 bits per heavy atom. The zero-order chi connectivity index (χ0) is 18.6. The van der Waals surface area contributed by atoms with Crippen LogP contribution in [0.3, 0.4) is 0 Å². The molecule has 7 heteroatoms. The molecule has 0 amide bonds. The fraction of sp³-hybridized carbons (Fsp3) is 0.333. The highest BCUT2D eigenvalue weighted by molar-refractivity contribution is 14.1. The molecule has 25 heavy (non-hydrogen) atoms. The van der Waals surface area contributed by atoms with Gasteiger partial charge >= 0.3 is 0 Å². The molecule has 0 saturated carbocycles. The molecule has 2 aromatic carbocycles. The van der Waals surface area contributed by atoms with Crippen LogP contribution in [0.2, 0.25) is 0 Å². The van der Waals surface area contributed by atoms with Gasteiger partial charge in [0.25, 0.3) is 0 Å². The van der Waals surface area contributed by atoms with Crippen molar-refractivity contribution in [2.75, 3.05) is 14.2 Å². The van der Waals surface area contributed by atoms with Crippen molar-refractivity contribution in [1.29, 1.82) is 0 Å². The first-order valence-electron chi connectivity index (χ1n) is 7.82. The van der Waals surface area contributed by atoms with E-state index in [2.05, 4.69) is 27.3 Å². The van der Waals surface area contributed by atoms with Crippen LogP contribution in [0.15, 0.2) is 41.3 Å². The van der Waals surface area contributed by atoms with Gasteiger partial charge in [0.1, 0.15) is 11.5 Å². The van der Waals surface area contributed by atoms with Crippen LogP contribution in [-0.4, -0.2) is 22.6 Å². The van der Waals surface area contributed by atoms with Gasteiger partial charge in [0, 0.05) is 6.04 Å². The molecular formula is C18H22INO4S. The van der Waals surface area contributed by atoms with E-state index < -0.39 is 10.0 Å². The van der Waals surface area contributed by atoms with Crippen LogP contribution >= 0.6 is 22.6 Å². The Bertz CT molecular complexity index is 852. The van der Waals surface area contributed by atoms with Crippen molar-refractivity contribution in [1.82, 2.24) is 4.72 Å². The first kappa shape index (κ1) is 20.0. The van der Waals surface area contributed by atoms with Crippen LogP contribution in [0.25, 0.3) is 0 Å². The highest BCUT2D eigenvalue weighted by atomic mass is 127. The maximum atomic E-state index is 12.8. The van der Waals surface area contributed by atoms with Gasteiger partial charge in [0.05, 0.1) is 22.7 Å². The summed E-state index contributed by atoms with van der Waals surface area (Å²) in [5, 5.41) is 0. The number of hydrogen-bond acceptors (Lipinski definition) is 4. The van der Waals surface area contributed by atoms with Crippen molar-refractivity contribution in [3.8, 4) is 11.5 Å². The Balaban J connectivity index is 2.31. The maximum absolute atomic E-state index is 12.8. The van der Waals surface area contributed by atoms with E-state index in [0.717, 1.165) is 20.4 Å². The molecule has 0 heterocycles. The zero-order valence-corrected chi connectivity index (χ0v) is 17.6. The van der Waals surface area contributed by atoms with Gasteiger partial charge in [0.2, 0.25) is 10.0 Å². The number of methoxy groups -OCH3 is 2. The van der Waals surface area contributed by atoms with Gasteiger partial charge < -0.3 is 9.47 Å². The normalized spacial score (nSPS) is 12.7. The molecule has 2 rings (SSSR count). The minimum atomic E-state index is -3.64. The van der Waals surface area contributed by atoms with E-state index >= 15 is 0 Å². The second-order valence-corrected chi connectivity index (χ2v) is 8.48. The summed E-state index contributed by atoms with van der Waals surface area (Å²) >= 11 is 2.06. The molecule has 0 aliphatic carbocycles. The van der Waals surface area contributed by atoms with Crippen molar-refractivity contribution < 1.29 is 17.9 Å². The summed E-state index contributed by atoms with van der Waals surface area (Å²) in [6, 6.07) is 10.2. The number of sulfonamides is 1. The second kappa shape index (κ2) is 8.37. The lowest BCUT2D eigenvalue weighted by Gasteiger charge is -2.19. The van der Waals surface area contributed by atoms with E-state index in [1.807, 2.05) is 32.0 Å². The number of benzene rings is 2. The average Bonchev–Trinajstić information content (AvgIpc) is 2.59. The predicted molar refractivity (Wildman–Crippen MR) is 107 cm³/mol. The molecule has 0 spiro atoms. The first-order valence-corrected chi connectivity index (χ1v) is 10.4. The van der Waals surface area contributed by atoms with E-state index in [1.54, 1.807) is 32.4 Å². The van der Waals surface area contributed by atoms with Gasteiger partial charge in [-0.15, -0.1) is 0 Å². The van der Waals surface area contributed by atoms with Crippen molar-refractivity contribution >= 4 is 32.6 Å². The number of aryl methyl sites for hydroxylation is 1. The van der Waals surface area contributed by atoms with Crippen molar-refractivity contribution in [3.05, 3.63) is 51.1 Å². The molecule has 0 aliphatic heterocycles. The monoisotopic (exact) mass is 475 g/mol. The van der Waals surface area contributed by atoms with Crippen molar-refractivity contribution in [2.45, 2.75) is 31.2 Å². The summed E-state index contributed by atoms with van der Waals surface area (Å²) in [4.78, 5) is 0.224. The van der Waals surface area contributed by atoms with Crippen molar-refractivity contribution in [2.24, 2.45) is 0 Å². The van der Waals surface area contributed by atoms with Gasteiger partial charge in [-0.25, -0.2) is 13.1 Å². The molecular weight excluding hydrogens is 453 g/mol. The molecule has 136 valence electrons. The fourth-order valence-corrected chi connectivity index (χ4v) is 4.86. The Hall–Kier alpha value is -1.32. The highest BCUT2D eigenvalue weighted by Crippen LogP contribution is 2.27. The largest absolute Gasteiger partial charge is 0.496 e. The lowest BCUT2D eigenvalue weighted by atomic mass is 10.0. The second-order valence-electron chi connectivity index (χ2n) is 5.61. The minimum absolute atomic E-state index is 0.224. The van der Waals surface area contributed by atoms with Gasteiger partial charge in [-0.2, -0.15) is 0 Å². The van der Waals surface area contributed by atoms with E-state index in [9.17, 15) is 8.42 Å². The standard InChI is InChI=1S/C18H22INO4S/c1-5-16(13-6-8-17(23-3)12(2)10-13)20-25(21,22)14-7-9-18(24-4)15(19)11-14/h6-11,16,20H,5H2,1-4H3/t16-/m1/s1. The summed E-state index contributed by atoms with van der Waals surface area (Å²) < 4.78 is 39.5. The Labute approximate surface area is 162 Å². The Morgan fingerprint density at radius 2 is 1.72 bits per heavy atom. The van der Waals surface area contributed by atoms with E-state index in [4.69, 9.17) is 9.47 Å². The van der Waals surface area contributed by atoms with E-state index in [1.165, 1.54) is 0 Å². The zero-order valence-electron chi connectivity index (χ0n) is 14.7. The highest BCUT2D eigenvalue weighted by Gasteiger charge is 2.21. The van der Waals surface area contributed by atoms with Gasteiger partial charge in [-0.1, -0.05) is 19.1 Å². The SMILES string of the molecule is CC[C@@H](NS(=O)(=O)c1ccc(OC)c(I)c1)c1ccc(OC)c(C)c1. The third-order valence-electron chi connectivity index (χ3n) is 3.96.